The van der Waals surface area contributed by atoms with E-state index in [0.29, 0.717) is 38.5 Å². The van der Waals surface area contributed by atoms with Crippen molar-refractivity contribution in [3.05, 3.63) is 48.0 Å². The van der Waals surface area contributed by atoms with E-state index in [1.807, 2.05) is 47.0 Å². The fraction of sp³-hybridized carbons (Fsp3) is 0.500. The van der Waals surface area contributed by atoms with Gasteiger partial charge in [0, 0.05) is 39.1 Å². The number of imidazole rings is 1. The number of aliphatic hydroxyl groups is 1. The van der Waals surface area contributed by atoms with Gasteiger partial charge >= 0.3 is 0 Å². The molecular weight excluding hydrogens is 344 g/mol. The highest BCUT2D eigenvalue weighted by Crippen LogP contribution is 2.30. The van der Waals surface area contributed by atoms with E-state index in [2.05, 4.69) is 4.98 Å². The van der Waals surface area contributed by atoms with Crippen molar-refractivity contribution in [2.75, 3.05) is 26.2 Å². The van der Waals surface area contributed by atoms with Gasteiger partial charge in [-0.05, 0) is 36.5 Å². The molecule has 1 atom stereocenters. The first-order chi connectivity index (χ1) is 13.1. The topological polar surface area (TPSA) is 93.6 Å². The first-order valence-electron chi connectivity index (χ1n) is 9.43. The highest BCUT2D eigenvalue weighted by molar-refractivity contribution is 5.79. The minimum absolute atomic E-state index is 0.107. The number of carbonyl (C=O) groups excluding carboxylic acids is 1. The predicted molar refractivity (Wildman–Crippen MR) is 102 cm³/mol. The molecule has 0 radical (unpaired) electrons. The molecule has 1 aromatic carbocycles. The monoisotopic (exact) mass is 372 g/mol. The van der Waals surface area contributed by atoms with Gasteiger partial charge in [0.05, 0.1) is 6.42 Å². The minimum atomic E-state index is -0.585. The summed E-state index contributed by atoms with van der Waals surface area (Å²) < 4.78 is 7.37. The Balaban J connectivity index is 1.52. The third kappa shape index (κ3) is 4.87. The molecule has 7 heteroatoms. The van der Waals surface area contributed by atoms with E-state index < -0.39 is 6.10 Å². The lowest BCUT2D eigenvalue weighted by Crippen LogP contribution is -2.40. The van der Waals surface area contributed by atoms with Crippen molar-refractivity contribution in [1.82, 2.24) is 14.5 Å². The number of hydrogen-bond acceptors (Lipinski definition) is 5. The highest BCUT2D eigenvalue weighted by atomic mass is 16.5. The van der Waals surface area contributed by atoms with Gasteiger partial charge in [0.2, 0.25) is 5.91 Å². The second-order valence-corrected chi connectivity index (χ2v) is 7.02. The summed E-state index contributed by atoms with van der Waals surface area (Å²) in [6.45, 7) is 2.24. The fourth-order valence-electron chi connectivity index (χ4n) is 3.55. The molecule has 27 heavy (non-hydrogen) atoms. The summed E-state index contributed by atoms with van der Waals surface area (Å²) in [5.41, 5.74) is 6.39. The molecule has 1 fully saturated rings. The van der Waals surface area contributed by atoms with Crippen LogP contribution in [0, 0.1) is 5.92 Å². The summed E-state index contributed by atoms with van der Waals surface area (Å²) >= 11 is 0. The first-order valence-corrected chi connectivity index (χ1v) is 9.43. The standard InChI is InChI=1S/C20H28N4O3/c1-23-11-8-22-20(23)19(26)16-5-9-24(10-6-16)18(25)14-15-3-2-4-17(13-15)27-12-7-21/h2-4,8,11,13,16,19,26H,5-7,9-10,12,14,21H2,1H3. The first kappa shape index (κ1) is 19.4. The molecule has 2 aromatic rings. The van der Waals surface area contributed by atoms with Crippen LogP contribution in [0.3, 0.4) is 0 Å². The number of aliphatic hydroxyl groups excluding tert-OH is 1. The van der Waals surface area contributed by atoms with Crippen molar-refractivity contribution < 1.29 is 14.6 Å². The molecule has 3 N–H and O–H groups in total. The van der Waals surface area contributed by atoms with Gasteiger partial charge in [0.25, 0.3) is 0 Å². The Morgan fingerprint density at radius 2 is 2.19 bits per heavy atom. The summed E-state index contributed by atoms with van der Waals surface area (Å²) in [6.07, 6.45) is 4.86. The minimum Gasteiger partial charge on any atom is -0.492 e. The van der Waals surface area contributed by atoms with Gasteiger partial charge in [0.15, 0.2) is 0 Å². The number of aryl methyl sites for hydroxylation is 1. The quantitative estimate of drug-likeness (QED) is 0.763. The van der Waals surface area contributed by atoms with Gasteiger partial charge in [-0.25, -0.2) is 4.98 Å². The van der Waals surface area contributed by atoms with Crippen LogP contribution in [0.5, 0.6) is 5.75 Å². The molecule has 1 aromatic heterocycles. The molecule has 0 bridgehead atoms. The predicted octanol–water partition coefficient (Wildman–Crippen LogP) is 1.27. The van der Waals surface area contributed by atoms with Gasteiger partial charge in [-0.15, -0.1) is 0 Å². The molecule has 1 aliphatic heterocycles. The van der Waals surface area contributed by atoms with Gasteiger partial charge in [-0.3, -0.25) is 4.79 Å². The second-order valence-electron chi connectivity index (χ2n) is 7.02. The van der Waals surface area contributed by atoms with Crippen LogP contribution < -0.4 is 10.5 Å². The number of amides is 1. The Morgan fingerprint density at radius 3 is 2.85 bits per heavy atom. The molecule has 0 aliphatic carbocycles. The molecule has 0 saturated carbocycles. The van der Waals surface area contributed by atoms with Crippen molar-refractivity contribution >= 4 is 5.91 Å². The average Bonchev–Trinajstić information content (AvgIpc) is 3.12. The van der Waals surface area contributed by atoms with Crippen LogP contribution in [0.25, 0.3) is 0 Å². The lowest BCUT2D eigenvalue weighted by atomic mass is 9.90. The maximum atomic E-state index is 12.6. The number of nitrogens with two attached hydrogens (primary N) is 1. The number of benzene rings is 1. The summed E-state index contributed by atoms with van der Waals surface area (Å²) in [7, 11) is 1.88. The van der Waals surface area contributed by atoms with Gasteiger partial charge in [-0.1, -0.05) is 12.1 Å². The van der Waals surface area contributed by atoms with Crippen LogP contribution in [-0.4, -0.2) is 51.7 Å². The van der Waals surface area contributed by atoms with E-state index in [1.54, 1.807) is 6.20 Å². The highest BCUT2D eigenvalue weighted by Gasteiger charge is 2.30. The smallest absolute Gasteiger partial charge is 0.226 e. The zero-order valence-corrected chi connectivity index (χ0v) is 15.8. The van der Waals surface area contributed by atoms with E-state index in [1.165, 1.54) is 0 Å². The van der Waals surface area contributed by atoms with Crippen LogP contribution in [0.4, 0.5) is 0 Å². The summed E-state index contributed by atoms with van der Waals surface area (Å²) in [4.78, 5) is 18.8. The number of piperidine rings is 1. The molecule has 1 unspecified atom stereocenters. The Hall–Kier alpha value is -2.38. The largest absolute Gasteiger partial charge is 0.492 e. The Bertz CT molecular complexity index is 753. The lowest BCUT2D eigenvalue weighted by Gasteiger charge is -2.34. The van der Waals surface area contributed by atoms with Gasteiger partial charge in [0.1, 0.15) is 24.3 Å². The number of hydrogen-bond donors (Lipinski definition) is 2. The van der Waals surface area contributed by atoms with Crippen molar-refractivity contribution in [2.24, 2.45) is 18.7 Å². The van der Waals surface area contributed by atoms with Crippen molar-refractivity contribution in [3.63, 3.8) is 0 Å². The number of likely N-dealkylation sites (tertiary alicyclic amines) is 1. The van der Waals surface area contributed by atoms with Crippen molar-refractivity contribution in [1.29, 1.82) is 0 Å². The van der Waals surface area contributed by atoms with Crippen LogP contribution >= 0.6 is 0 Å². The number of nitrogens with zero attached hydrogens (tertiary/aromatic N) is 3. The van der Waals surface area contributed by atoms with E-state index in [4.69, 9.17) is 10.5 Å². The molecule has 1 amide bonds. The number of aromatic nitrogens is 2. The summed E-state index contributed by atoms with van der Waals surface area (Å²) in [5, 5.41) is 10.6. The molecule has 146 valence electrons. The normalized spacial score (nSPS) is 16.3. The van der Waals surface area contributed by atoms with Crippen LogP contribution in [0.1, 0.15) is 30.3 Å². The molecule has 1 saturated heterocycles. The van der Waals surface area contributed by atoms with E-state index in [-0.39, 0.29) is 11.8 Å². The van der Waals surface area contributed by atoms with Crippen molar-refractivity contribution in [3.8, 4) is 5.75 Å². The van der Waals surface area contributed by atoms with Gasteiger partial charge < -0.3 is 25.0 Å². The van der Waals surface area contributed by atoms with Crippen LogP contribution in [-0.2, 0) is 18.3 Å². The molecular formula is C20H28N4O3. The zero-order valence-electron chi connectivity index (χ0n) is 15.8. The summed E-state index contributed by atoms with van der Waals surface area (Å²) in [5.74, 6) is 1.66. The zero-order chi connectivity index (χ0) is 19.2. The molecule has 3 rings (SSSR count). The molecule has 1 aliphatic rings. The molecule has 0 spiro atoms. The fourth-order valence-corrected chi connectivity index (χ4v) is 3.55. The maximum Gasteiger partial charge on any atom is 0.226 e. The SMILES string of the molecule is Cn1ccnc1C(O)C1CCN(C(=O)Cc2cccc(OCCN)c2)CC1. The number of rotatable bonds is 7. The Kier molecular flexibility index (Phi) is 6.47. The van der Waals surface area contributed by atoms with E-state index in [0.717, 1.165) is 24.2 Å². The lowest BCUT2D eigenvalue weighted by molar-refractivity contribution is -0.132. The Morgan fingerprint density at radius 1 is 1.41 bits per heavy atom. The Labute approximate surface area is 159 Å². The van der Waals surface area contributed by atoms with E-state index in [9.17, 15) is 9.90 Å². The summed E-state index contributed by atoms with van der Waals surface area (Å²) in [6, 6.07) is 7.59. The second kappa shape index (κ2) is 9.01. The van der Waals surface area contributed by atoms with Crippen molar-refractivity contribution in [2.45, 2.75) is 25.4 Å². The van der Waals surface area contributed by atoms with Crippen LogP contribution in [0.2, 0.25) is 0 Å². The molecule has 7 nitrogen and oxygen atoms in total. The number of ether oxygens (including phenoxy) is 1. The van der Waals surface area contributed by atoms with Crippen LogP contribution in [0.15, 0.2) is 36.7 Å². The van der Waals surface area contributed by atoms with Gasteiger partial charge in [-0.2, -0.15) is 0 Å². The third-order valence-corrected chi connectivity index (χ3v) is 5.10. The average molecular weight is 372 g/mol. The third-order valence-electron chi connectivity index (χ3n) is 5.10. The maximum absolute atomic E-state index is 12.6. The molecule has 2 heterocycles. The number of carbonyl (C=O) groups is 1. The van der Waals surface area contributed by atoms with E-state index >= 15 is 0 Å².